The van der Waals surface area contributed by atoms with Gasteiger partial charge in [-0.25, -0.2) is 9.97 Å². The highest BCUT2D eigenvalue weighted by Gasteiger charge is 2.30. The average Bonchev–Trinajstić information content (AvgIpc) is 3.08. The van der Waals surface area contributed by atoms with Crippen LogP contribution in [0.25, 0.3) is 11.2 Å². The number of hydrogen-bond donors (Lipinski definition) is 4. The number of ether oxygens (including phenoxy) is 2. The van der Waals surface area contributed by atoms with E-state index >= 15 is 0 Å². The van der Waals surface area contributed by atoms with Gasteiger partial charge < -0.3 is 29.1 Å². The van der Waals surface area contributed by atoms with Crippen molar-refractivity contribution in [2.24, 2.45) is 0 Å². The van der Waals surface area contributed by atoms with E-state index in [1.54, 1.807) is 0 Å². The van der Waals surface area contributed by atoms with Crippen LogP contribution in [0.1, 0.15) is 6.42 Å². The first-order chi connectivity index (χ1) is 10.4. The number of aromatic amines is 1. The number of imidazole rings is 1. The summed E-state index contributed by atoms with van der Waals surface area (Å²) in [5, 5.41) is 7.97. The van der Waals surface area contributed by atoms with E-state index in [4.69, 9.17) is 29.5 Å². The van der Waals surface area contributed by atoms with Gasteiger partial charge in [0.25, 0.3) is 0 Å². The maximum Gasteiger partial charge on any atom is 0.350 e. The monoisotopic (exact) mass is 331 g/mol. The van der Waals surface area contributed by atoms with Gasteiger partial charge in [0.1, 0.15) is 18.2 Å². The summed E-state index contributed by atoms with van der Waals surface area (Å²) >= 11 is 0. The van der Waals surface area contributed by atoms with Crippen molar-refractivity contribution in [2.75, 3.05) is 13.0 Å². The van der Waals surface area contributed by atoms with Gasteiger partial charge in [-0.15, -0.1) is 4.73 Å². The van der Waals surface area contributed by atoms with E-state index in [0.717, 1.165) is 4.73 Å². The molecule has 3 rings (SSSR count). The zero-order chi connectivity index (χ0) is 15.7. The first kappa shape index (κ1) is 15.1. The molecule has 2 atom stereocenters. The predicted octanol–water partition coefficient (Wildman–Crippen LogP) is -1.07. The molecule has 1 aliphatic rings. The molecule has 0 bridgehead atoms. The summed E-state index contributed by atoms with van der Waals surface area (Å²) in [6.45, 7) is 0.151. The fraction of sp³-hybridized carbons (Fsp3) is 0.500. The summed E-state index contributed by atoms with van der Waals surface area (Å²) in [6.07, 6.45) is 1.19. The number of H-pyrrole nitrogens is 1. The van der Waals surface area contributed by atoms with E-state index < -0.39 is 26.3 Å². The minimum atomic E-state index is -4.21. The highest BCUT2D eigenvalue weighted by molar-refractivity contribution is 7.51. The summed E-state index contributed by atoms with van der Waals surface area (Å²) in [5.74, 6) is 0. The second-order valence-corrected chi connectivity index (χ2v) is 6.29. The molecule has 1 aliphatic heterocycles. The number of fused-ring (bicyclic) bond motifs is 1. The van der Waals surface area contributed by atoms with Crippen LogP contribution in [0.3, 0.4) is 0 Å². The number of hydrogen-bond acceptors (Lipinski definition) is 7. The predicted molar refractivity (Wildman–Crippen MR) is 70.5 cm³/mol. The molecule has 2 aromatic heterocycles. The van der Waals surface area contributed by atoms with Gasteiger partial charge in [-0.1, -0.05) is 0 Å². The lowest BCUT2D eigenvalue weighted by Crippen LogP contribution is -2.33. The SMILES string of the molecule is N=c1c2[nH]cnc2ncn1OC1C[C@H](OCP(=O)(O)O)CO1. The molecule has 0 aromatic carbocycles. The first-order valence-corrected chi connectivity index (χ1v) is 8.12. The minimum Gasteiger partial charge on any atom is -0.379 e. The highest BCUT2D eigenvalue weighted by atomic mass is 31.2. The number of rotatable bonds is 5. The zero-order valence-electron chi connectivity index (χ0n) is 11.2. The van der Waals surface area contributed by atoms with Crippen molar-refractivity contribution in [3.8, 4) is 0 Å². The first-order valence-electron chi connectivity index (χ1n) is 6.32. The minimum absolute atomic E-state index is 0.0330. The van der Waals surface area contributed by atoms with E-state index in [9.17, 15) is 4.57 Å². The smallest absolute Gasteiger partial charge is 0.350 e. The van der Waals surface area contributed by atoms with Crippen molar-refractivity contribution in [3.05, 3.63) is 18.1 Å². The molecule has 3 heterocycles. The number of aromatic nitrogens is 4. The van der Waals surface area contributed by atoms with Gasteiger partial charge in [-0.3, -0.25) is 9.97 Å². The van der Waals surface area contributed by atoms with E-state index in [-0.39, 0.29) is 18.5 Å². The summed E-state index contributed by atoms with van der Waals surface area (Å²) in [7, 11) is -4.21. The summed E-state index contributed by atoms with van der Waals surface area (Å²) in [6, 6.07) is 0. The lowest BCUT2D eigenvalue weighted by atomic mass is 10.3. The fourth-order valence-corrected chi connectivity index (χ4v) is 2.40. The Morgan fingerprint density at radius 3 is 3.14 bits per heavy atom. The Morgan fingerprint density at radius 2 is 2.36 bits per heavy atom. The molecule has 12 heteroatoms. The summed E-state index contributed by atoms with van der Waals surface area (Å²) in [5.41, 5.74) is 0.862. The quantitative estimate of drug-likeness (QED) is 0.505. The van der Waals surface area contributed by atoms with Crippen LogP contribution in [0, 0.1) is 5.41 Å². The molecule has 0 aliphatic carbocycles. The van der Waals surface area contributed by atoms with Crippen molar-refractivity contribution in [1.29, 1.82) is 5.41 Å². The molecule has 11 nitrogen and oxygen atoms in total. The Labute approximate surface area is 123 Å². The van der Waals surface area contributed by atoms with Crippen molar-refractivity contribution in [1.82, 2.24) is 19.7 Å². The molecule has 1 unspecified atom stereocenters. The van der Waals surface area contributed by atoms with E-state index in [0.29, 0.717) is 11.2 Å². The third kappa shape index (κ3) is 3.34. The third-order valence-electron chi connectivity index (χ3n) is 2.99. The molecule has 1 saturated heterocycles. The van der Waals surface area contributed by atoms with Gasteiger partial charge >= 0.3 is 7.60 Å². The molecule has 0 spiro atoms. The van der Waals surface area contributed by atoms with Gasteiger partial charge in [-0.2, -0.15) is 0 Å². The number of nitrogens with zero attached hydrogens (tertiary/aromatic N) is 3. The van der Waals surface area contributed by atoms with Crippen LogP contribution in [0.4, 0.5) is 0 Å². The molecule has 4 N–H and O–H groups in total. The van der Waals surface area contributed by atoms with Crippen molar-refractivity contribution < 1.29 is 28.7 Å². The molecule has 0 saturated carbocycles. The van der Waals surface area contributed by atoms with Gasteiger partial charge in [0.2, 0.25) is 6.29 Å². The van der Waals surface area contributed by atoms with Crippen LogP contribution in [-0.4, -0.2) is 54.8 Å². The molecule has 1 fully saturated rings. The Hall–Kier alpha value is -1.78. The van der Waals surface area contributed by atoms with Crippen molar-refractivity contribution in [2.45, 2.75) is 18.8 Å². The van der Waals surface area contributed by atoms with Crippen molar-refractivity contribution >= 4 is 18.8 Å². The van der Waals surface area contributed by atoms with E-state index in [1.807, 2.05) is 0 Å². The second kappa shape index (κ2) is 5.78. The molecule has 22 heavy (non-hydrogen) atoms. The highest BCUT2D eigenvalue weighted by Crippen LogP contribution is 2.35. The zero-order valence-corrected chi connectivity index (χ0v) is 12.1. The van der Waals surface area contributed by atoms with Crippen LogP contribution in [0.2, 0.25) is 0 Å². The van der Waals surface area contributed by atoms with Gasteiger partial charge in [0.15, 0.2) is 11.1 Å². The Morgan fingerprint density at radius 1 is 1.55 bits per heavy atom. The van der Waals surface area contributed by atoms with Crippen LogP contribution in [-0.2, 0) is 14.0 Å². The Kier molecular flexibility index (Phi) is 3.98. The number of nitrogens with one attached hydrogen (secondary N) is 2. The Bertz CT molecular complexity index is 768. The van der Waals surface area contributed by atoms with Crippen LogP contribution in [0.15, 0.2) is 12.7 Å². The van der Waals surface area contributed by atoms with Gasteiger partial charge in [0.05, 0.1) is 19.0 Å². The largest absolute Gasteiger partial charge is 0.379 e. The van der Waals surface area contributed by atoms with E-state index in [1.165, 1.54) is 12.7 Å². The maximum absolute atomic E-state index is 10.8. The van der Waals surface area contributed by atoms with Gasteiger partial charge in [-0.05, 0) is 0 Å². The standard InChI is InChI=1S/C10H14N5O6P/c11-9-8-10(13-3-12-8)14-4-15(9)21-7-1-6(2-19-7)20-5-22(16,17)18/h3-4,6-7,11H,1-2,5H2,(H,12,13)(H2,16,17,18)/t6-,7?/m0/s1. The van der Waals surface area contributed by atoms with Crippen LogP contribution < -0.4 is 10.3 Å². The molecule has 120 valence electrons. The Balaban J connectivity index is 1.63. The molecule has 2 aromatic rings. The second-order valence-electron chi connectivity index (χ2n) is 4.71. The maximum atomic E-state index is 10.8. The van der Waals surface area contributed by atoms with Crippen LogP contribution >= 0.6 is 7.60 Å². The normalized spacial score (nSPS) is 22.3. The fourth-order valence-electron chi connectivity index (χ4n) is 2.00. The summed E-state index contributed by atoms with van der Waals surface area (Å²) < 4.78 is 22.3. The topological polar surface area (TPSA) is 156 Å². The third-order valence-corrected chi connectivity index (χ3v) is 3.48. The van der Waals surface area contributed by atoms with Crippen LogP contribution in [0.5, 0.6) is 0 Å². The lowest BCUT2D eigenvalue weighted by molar-refractivity contribution is -0.119. The van der Waals surface area contributed by atoms with E-state index in [2.05, 4.69) is 15.0 Å². The van der Waals surface area contributed by atoms with Gasteiger partial charge in [0, 0.05) is 6.42 Å². The van der Waals surface area contributed by atoms with Crippen molar-refractivity contribution in [3.63, 3.8) is 0 Å². The lowest BCUT2D eigenvalue weighted by Gasteiger charge is -2.14. The molecule has 0 amide bonds. The summed E-state index contributed by atoms with van der Waals surface area (Å²) in [4.78, 5) is 33.7. The molecule has 0 radical (unpaired) electrons. The molecular formula is C10H14N5O6P. The average molecular weight is 331 g/mol. The molecular weight excluding hydrogens is 317 g/mol.